The van der Waals surface area contributed by atoms with E-state index in [2.05, 4.69) is 24.6 Å². The summed E-state index contributed by atoms with van der Waals surface area (Å²) < 4.78 is 31.8. The number of esters is 1. The predicted molar refractivity (Wildman–Crippen MR) is 66.1 cm³/mol. The molecule has 0 saturated carbocycles. The molecule has 0 fully saturated rings. The van der Waals surface area contributed by atoms with Gasteiger partial charge in [0.05, 0.1) is 19.6 Å². The van der Waals surface area contributed by atoms with Crippen LogP contribution < -0.4 is 4.72 Å². The van der Waals surface area contributed by atoms with E-state index in [9.17, 15) is 13.2 Å². The summed E-state index contributed by atoms with van der Waals surface area (Å²) in [6.45, 7) is 1.66. The number of rotatable bonds is 7. The van der Waals surface area contributed by atoms with Crippen molar-refractivity contribution in [2.24, 2.45) is 0 Å². The largest absolute Gasteiger partial charge is 0.469 e. The second kappa shape index (κ2) is 6.59. The standard InChI is InChI=1S/C9H17N5O4S/c1-7(9-10-6-11-12-9)13-19(16,17)14(2)5-4-8(15)18-3/h6-7,13H,4-5H2,1-3H3,(H,10,11,12). The zero-order valence-corrected chi connectivity index (χ0v) is 11.8. The highest BCUT2D eigenvalue weighted by Gasteiger charge is 2.22. The molecule has 1 unspecified atom stereocenters. The van der Waals surface area contributed by atoms with Gasteiger partial charge in [0.15, 0.2) is 0 Å². The average molecular weight is 291 g/mol. The van der Waals surface area contributed by atoms with E-state index in [1.54, 1.807) is 6.92 Å². The maximum Gasteiger partial charge on any atom is 0.306 e. The first kappa shape index (κ1) is 15.5. The van der Waals surface area contributed by atoms with Crippen molar-refractivity contribution in [1.82, 2.24) is 24.2 Å². The molecule has 1 heterocycles. The van der Waals surface area contributed by atoms with Crippen molar-refractivity contribution < 1.29 is 17.9 Å². The van der Waals surface area contributed by atoms with Gasteiger partial charge in [-0.15, -0.1) is 0 Å². The van der Waals surface area contributed by atoms with Crippen LogP contribution in [0.2, 0.25) is 0 Å². The number of carbonyl (C=O) groups excluding carboxylic acids is 1. The van der Waals surface area contributed by atoms with Gasteiger partial charge in [-0.05, 0) is 6.92 Å². The molecule has 0 bridgehead atoms. The van der Waals surface area contributed by atoms with Gasteiger partial charge in [-0.3, -0.25) is 9.89 Å². The van der Waals surface area contributed by atoms with Gasteiger partial charge in [-0.1, -0.05) is 0 Å². The van der Waals surface area contributed by atoms with Gasteiger partial charge in [-0.25, -0.2) is 4.98 Å². The second-order valence-electron chi connectivity index (χ2n) is 3.86. The smallest absolute Gasteiger partial charge is 0.306 e. The van der Waals surface area contributed by atoms with E-state index in [0.29, 0.717) is 5.82 Å². The highest BCUT2D eigenvalue weighted by molar-refractivity contribution is 7.87. The van der Waals surface area contributed by atoms with Gasteiger partial charge < -0.3 is 4.74 Å². The molecule has 0 aliphatic rings. The van der Waals surface area contributed by atoms with Gasteiger partial charge in [-0.2, -0.15) is 22.5 Å². The number of carbonyl (C=O) groups is 1. The summed E-state index contributed by atoms with van der Waals surface area (Å²) in [5.41, 5.74) is 0. The lowest BCUT2D eigenvalue weighted by Crippen LogP contribution is -2.40. The highest BCUT2D eigenvalue weighted by Crippen LogP contribution is 2.08. The Kier molecular flexibility index (Phi) is 5.39. The third-order valence-corrected chi connectivity index (χ3v) is 4.09. The fraction of sp³-hybridized carbons (Fsp3) is 0.667. The summed E-state index contributed by atoms with van der Waals surface area (Å²) in [6.07, 6.45) is 1.28. The average Bonchev–Trinajstić information content (AvgIpc) is 2.88. The van der Waals surface area contributed by atoms with Gasteiger partial charge in [0.25, 0.3) is 10.2 Å². The van der Waals surface area contributed by atoms with Gasteiger partial charge in [0, 0.05) is 13.6 Å². The summed E-state index contributed by atoms with van der Waals surface area (Å²) in [6, 6.07) is -0.548. The van der Waals surface area contributed by atoms with E-state index in [4.69, 9.17) is 0 Å². The number of ether oxygens (including phenoxy) is 1. The van der Waals surface area contributed by atoms with E-state index in [-0.39, 0.29) is 13.0 Å². The fourth-order valence-corrected chi connectivity index (χ4v) is 2.33. The minimum Gasteiger partial charge on any atom is -0.469 e. The molecule has 1 rings (SSSR count). The monoisotopic (exact) mass is 291 g/mol. The molecule has 1 aromatic rings. The summed E-state index contributed by atoms with van der Waals surface area (Å²) in [5, 5.41) is 6.22. The first-order chi connectivity index (χ1) is 8.86. The van der Waals surface area contributed by atoms with Crippen LogP contribution >= 0.6 is 0 Å². The minimum atomic E-state index is -3.70. The van der Waals surface area contributed by atoms with Crippen molar-refractivity contribution in [2.45, 2.75) is 19.4 Å². The van der Waals surface area contributed by atoms with Crippen LogP contribution in [0.15, 0.2) is 6.33 Å². The summed E-state index contributed by atoms with van der Waals surface area (Å²) in [7, 11) is -1.08. The number of hydrogen-bond donors (Lipinski definition) is 2. The Bertz CT molecular complexity index is 501. The van der Waals surface area contributed by atoms with Crippen LogP contribution in [0.25, 0.3) is 0 Å². The molecule has 19 heavy (non-hydrogen) atoms. The van der Waals surface area contributed by atoms with Gasteiger partial charge in [0.2, 0.25) is 0 Å². The quantitative estimate of drug-likeness (QED) is 0.635. The number of H-pyrrole nitrogens is 1. The third-order valence-electron chi connectivity index (χ3n) is 2.44. The Labute approximate surface area is 111 Å². The Morgan fingerprint density at radius 3 is 2.84 bits per heavy atom. The molecule has 0 radical (unpaired) electrons. The van der Waals surface area contributed by atoms with Crippen LogP contribution in [0, 0.1) is 0 Å². The molecule has 0 aromatic carbocycles. The number of aromatic nitrogens is 3. The second-order valence-corrected chi connectivity index (χ2v) is 5.67. The molecule has 0 amide bonds. The number of hydrogen-bond acceptors (Lipinski definition) is 6. The molecule has 108 valence electrons. The molecule has 1 aromatic heterocycles. The van der Waals surface area contributed by atoms with Crippen LogP contribution in [0.5, 0.6) is 0 Å². The van der Waals surface area contributed by atoms with Crippen molar-refractivity contribution in [3.05, 3.63) is 12.2 Å². The van der Waals surface area contributed by atoms with E-state index in [1.165, 1.54) is 20.5 Å². The zero-order valence-electron chi connectivity index (χ0n) is 11.0. The minimum absolute atomic E-state index is 0.00933. The van der Waals surface area contributed by atoms with Crippen LogP contribution in [0.3, 0.4) is 0 Å². The van der Waals surface area contributed by atoms with Crippen LogP contribution in [-0.2, 0) is 19.7 Å². The van der Waals surface area contributed by atoms with E-state index >= 15 is 0 Å². The SMILES string of the molecule is COC(=O)CCN(C)S(=O)(=O)NC(C)c1ncn[nH]1. The van der Waals surface area contributed by atoms with Gasteiger partial charge in [0.1, 0.15) is 12.2 Å². The summed E-state index contributed by atoms with van der Waals surface area (Å²) in [4.78, 5) is 14.8. The lowest BCUT2D eigenvalue weighted by Gasteiger charge is -2.19. The van der Waals surface area contributed by atoms with Crippen molar-refractivity contribution in [3.8, 4) is 0 Å². The maximum atomic E-state index is 11.9. The molecule has 1 atom stereocenters. The summed E-state index contributed by atoms with van der Waals surface area (Å²) >= 11 is 0. The topological polar surface area (TPSA) is 117 Å². The van der Waals surface area contributed by atoms with Crippen LogP contribution in [-0.4, -0.2) is 54.6 Å². The Morgan fingerprint density at radius 1 is 1.63 bits per heavy atom. The maximum absolute atomic E-state index is 11.9. The fourth-order valence-electron chi connectivity index (χ4n) is 1.26. The van der Waals surface area contributed by atoms with Crippen molar-refractivity contribution in [1.29, 1.82) is 0 Å². The van der Waals surface area contributed by atoms with Crippen molar-refractivity contribution in [2.75, 3.05) is 20.7 Å². The van der Waals surface area contributed by atoms with Crippen molar-refractivity contribution >= 4 is 16.2 Å². The number of nitrogens with one attached hydrogen (secondary N) is 2. The molecule has 2 N–H and O–H groups in total. The summed E-state index contributed by atoms with van der Waals surface area (Å²) in [5.74, 6) is -0.0599. The van der Waals surface area contributed by atoms with Crippen LogP contribution in [0.4, 0.5) is 0 Å². The predicted octanol–water partition coefficient (Wildman–Crippen LogP) is -0.805. The Hall–Kier alpha value is -1.52. The lowest BCUT2D eigenvalue weighted by molar-refractivity contribution is -0.140. The molecular formula is C9H17N5O4S. The molecule has 10 heteroatoms. The first-order valence-electron chi connectivity index (χ1n) is 5.52. The zero-order chi connectivity index (χ0) is 14.5. The molecule has 0 spiro atoms. The number of nitrogens with zero attached hydrogens (tertiary/aromatic N) is 3. The molecule has 0 saturated heterocycles. The number of methoxy groups -OCH3 is 1. The van der Waals surface area contributed by atoms with Gasteiger partial charge >= 0.3 is 5.97 Å². The number of aromatic amines is 1. The van der Waals surface area contributed by atoms with Crippen LogP contribution in [0.1, 0.15) is 25.2 Å². The highest BCUT2D eigenvalue weighted by atomic mass is 32.2. The Morgan fingerprint density at radius 2 is 2.32 bits per heavy atom. The molecule has 0 aliphatic heterocycles. The Balaban J connectivity index is 2.57. The van der Waals surface area contributed by atoms with E-state index < -0.39 is 22.2 Å². The van der Waals surface area contributed by atoms with Crippen molar-refractivity contribution in [3.63, 3.8) is 0 Å². The lowest BCUT2D eigenvalue weighted by atomic mass is 10.3. The molecule has 0 aliphatic carbocycles. The van der Waals surface area contributed by atoms with E-state index in [1.807, 2.05) is 0 Å². The normalized spacial score (nSPS) is 13.5. The third kappa shape index (κ3) is 4.58. The molecule has 9 nitrogen and oxygen atoms in total. The first-order valence-corrected chi connectivity index (χ1v) is 6.96. The molecular weight excluding hydrogens is 274 g/mol. The van der Waals surface area contributed by atoms with E-state index in [0.717, 1.165) is 4.31 Å².